The summed E-state index contributed by atoms with van der Waals surface area (Å²) in [5.41, 5.74) is 6.11. The van der Waals surface area contributed by atoms with Gasteiger partial charge in [-0.05, 0) is 50.0 Å². The molecule has 3 aliphatic rings. The number of nitrogens with two attached hydrogens (primary N) is 1. The third-order valence-electron chi connectivity index (χ3n) is 5.98. The summed E-state index contributed by atoms with van der Waals surface area (Å²) in [6, 6.07) is 0.704. The van der Waals surface area contributed by atoms with Gasteiger partial charge in [0.2, 0.25) is 0 Å². The summed E-state index contributed by atoms with van der Waals surface area (Å²) in [6.07, 6.45) is 13.2. The maximum Gasteiger partial charge on any atom is 0.0246 e. The van der Waals surface area contributed by atoms with Crippen LogP contribution in [0.5, 0.6) is 0 Å². The molecule has 0 aromatic rings. The fourth-order valence-electron chi connectivity index (χ4n) is 4.91. The summed E-state index contributed by atoms with van der Waals surface area (Å²) in [6.45, 7) is 3.59. The standard InChI is InChI=1S/C16H30N2/c17-11-16(14-6-2-3-7-14)18-10-9-13-5-1-4-8-15(13)12-18/h13-16H,1-12,17H2. The monoisotopic (exact) mass is 250 g/mol. The van der Waals surface area contributed by atoms with Gasteiger partial charge in [0.05, 0.1) is 0 Å². The second-order valence-electron chi connectivity index (χ2n) is 6.94. The minimum Gasteiger partial charge on any atom is -0.329 e. The van der Waals surface area contributed by atoms with Crippen LogP contribution in [0.15, 0.2) is 0 Å². The molecule has 2 nitrogen and oxygen atoms in total. The van der Waals surface area contributed by atoms with E-state index in [9.17, 15) is 0 Å². The molecule has 0 bridgehead atoms. The van der Waals surface area contributed by atoms with Gasteiger partial charge in [-0.1, -0.05) is 32.1 Å². The first kappa shape index (κ1) is 12.9. The first-order chi connectivity index (χ1) is 8.88. The zero-order chi connectivity index (χ0) is 12.4. The average Bonchev–Trinajstić information content (AvgIpc) is 2.93. The zero-order valence-corrected chi connectivity index (χ0v) is 11.8. The molecular formula is C16H30N2. The summed E-state index contributed by atoms with van der Waals surface area (Å²) in [4.78, 5) is 2.78. The number of fused-ring (bicyclic) bond motifs is 1. The van der Waals surface area contributed by atoms with E-state index in [0.717, 1.165) is 24.3 Å². The Hall–Kier alpha value is -0.0800. The smallest absolute Gasteiger partial charge is 0.0246 e. The molecule has 0 amide bonds. The van der Waals surface area contributed by atoms with Crippen LogP contribution in [-0.4, -0.2) is 30.6 Å². The van der Waals surface area contributed by atoms with Crippen molar-refractivity contribution in [3.63, 3.8) is 0 Å². The number of rotatable bonds is 3. The van der Waals surface area contributed by atoms with E-state index in [0.29, 0.717) is 6.04 Å². The normalized spacial score (nSPS) is 36.5. The number of hydrogen-bond donors (Lipinski definition) is 1. The Morgan fingerprint density at radius 1 is 0.889 bits per heavy atom. The first-order valence-corrected chi connectivity index (χ1v) is 8.32. The van der Waals surface area contributed by atoms with Crippen LogP contribution in [0.3, 0.4) is 0 Å². The maximum atomic E-state index is 6.11. The van der Waals surface area contributed by atoms with Gasteiger partial charge in [0.15, 0.2) is 0 Å². The molecule has 104 valence electrons. The van der Waals surface area contributed by atoms with Crippen molar-refractivity contribution < 1.29 is 0 Å². The minimum absolute atomic E-state index is 0.704. The molecule has 0 aromatic carbocycles. The molecule has 0 radical (unpaired) electrons. The van der Waals surface area contributed by atoms with Gasteiger partial charge in [-0.25, -0.2) is 0 Å². The highest BCUT2D eigenvalue weighted by Crippen LogP contribution is 2.38. The van der Waals surface area contributed by atoms with Crippen molar-refractivity contribution in [2.75, 3.05) is 19.6 Å². The number of nitrogens with zero attached hydrogens (tertiary/aromatic N) is 1. The van der Waals surface area contributed by atoms with Gasteiger partial charge in [-0.15, -0.1) is 0 Å². The molecule has 3 rings (SSSR count). The molecular weight excluding hydrogens is 220 g/mol. The molecule has 1 aliphatic heterocycles. The van der Waals surface area contributed by atoms with E-state index in [2.05, 4.69) is 4.90 Å². The van der Waals surface area contributed by atoms with Crippen molar-refractivity contribution in [1.82, 2.24) is 4.90 Å². The van der Waals surface area contributed by atoms with Crippen molar-refractivity contribution in [1.29, 1.82) is 0 Å². The van der Waals surface area contributed by atoms with Crippen molar-refractivity contribution in [3.05, 3.63) is 0 Å². The van der Waals surface area contributed by atoms with Crippen LogP contribution in [0.1, 0.15) is 57.8 Å². The fourth-order valence-corrected chi connectivity index (χ4v) is 4.91. The fraction of sp³-hybridized carbons (Fsp3) is 1.00. The van der Waals surface area contributed by atoms with Crippen LogP contribution in [0.2, 0.25) is 0 Å². The lowest BCUT2D eigenvalue weighted by Gasteiger charge is -2.45. The second-order valence-corrected chi connectivity index (χ2v) is 6.94. The number of hydrogen-bond acceptors (Lipinski definition) is 2. The Labute approximate surface area is 112 Å². The molecule has 3 unspecified atom stereocenters. The lowest BCUT2D eigenvalue weighted by atomic mass is 9.74. The molecule has 1 heterocycles. The molecule has 1 saturated heterocycles. The molecule has 0 aromatic heterocycles. The molecule has 2 aliphatic carbocycles. The Morgan fingerprint density at radius 2 is 1.56 bits per heavy atom. The van der Waals surface area contributed by atoms with E-state index in [-0.39, 0.29) is 0 Å². The van der Waals surface area contributed by atoms with Gasteiger partial charge >= 0.3 is 0 Å². The SMILES string of the molecule is NCC(C1CCCC1)N1CCC2CCCCC2C1. The van der Waals surface area contributed by atoms with Gasteiger partial charge in [-0.3, -0.25) is 4.90 Å². The highest BCUT2D eigenvalue weighted by Gasteiger charge is 2.36. The van der Waals surface area contributed by atoms with Gasteiger partial charge in [0, 0.05) is 19.1 Å². The minimum atomic E-state index is 0.704. The predicted molar refractivity (Wildman–Crippen MR) is 76.4 cm³/mol. The molecule has 0 spiro atoms. The third kappa shape index (κ3) is 2.60. The quantitative estimate of drug-likeness (QED) is 0.834. The van der Waals surface area contributed by atoms with Crippen molar-refractivity contribution in [3.8, 4) is 0 Å². The predicted octanol–water partition coefficient (Wildman–Crippen LogP) is 3.02. The molecule has 2 heteroatoms. The van der Waals surface area contributed by atoms with Crippen LogP contribution in [0, 0.1) is 17.8 Å². The lowest BCUT2D eigenvalue weighted by molar-refractivity contribution is 0.0398. The summed E-state index contributed by atoms with van der Waals surface area (Å²) in [5, 5.41) is 0. The van der Waals surface area contributed by atoms with Crippen LogP contribution in [-0.2, 0) is 0 Å². The van der Waals surface area contributed by atoms with Crippen molar-refractivity contribution in [2.45, 2.75) is 63.8 Å². The van der Waals surface area contributed by atoms with Crippen LogP contribution in [0.4, 0.5) is 0 Å². The Bertz CT molecular complexity index is 260. The summed E-state index contributed by atoms with van der Waals surface area (Å²) in [5.74, 6) is 2.97. The highest BCUT2D eigenvalue weighted by molar-refractivity contribution is 4.90. The van der Waals surface area contributed by atoms with Gasteiger partial charge in [0.25, 0.3) is 0 Å². The Morgan fingerprint density at radius 3 is 2.28 bits per heavy atom. The van der Waals surface area contributed by atoms with Crippen LogP contribution < -0.4 is 5.73 Å². The van der Waals surface area contributed by atoms with E-state index < -0.39 is 0 Å². The third-order valence-corrected chi connectivity index (χ3v) is 5.98. The van der Waals surface area contributed by atoms with E-state index >= 15 is 0 Å². The van der Waals surface area contributed by atoms with Crippen LogP contribution in [0.25, 0.3) is 0 Å². The molecule has 2 saturated carbocycles. The highest BCUT2D eigenvalue weighted by atomic mass is 15.2. The van der Waals surface area contributed by atoms with Gasteiger partial charge in [0.1, 0.15) is 0 Å². The van der Waals surface area contributed by atoms with E-state index in [4.69, 9.17) is 5.73 Å². The Balaban J connectivity index is 1.61. The van der Waals surface area contributed by atoms with E-state index in [1.165, 1.54) is 70.9 Å². The summed E-state index contributed by atoms with van der Waals surface area (Å²) < 4.78 is 0. The summed E-state index contributed by atoms with van der Waals surface area (Å²) in [7, 11) is 0. The maximum absolute atomic E-state index is 6.11. The van der Waals surface area contributed by atoms with Crippen LogP contribution >= 0.6 is 0 Å². The number of likely N-dealkylation sites (tertiary alicyclic amines) is 1. The molecule has 3 fully saturated rings. The molecule has 2 N–H and O–H groups in total. The first-order valence-electron chi connectivity index (χ1n) is 8.32. The second kappa shape index (κ2) is 5.92. The van der Waals surface area contributed by atoms with Crippen molar-refractivity contribution >= 4 is 0 Å². The largest absolute Gasteiger partial charge is 0.329 e. The van der Waals surface area contributed by atoms with Gasteiger partial charge in [-0.2, -0.15) is 0 Å². The molecule has 18 heavy (non-hydrogen) atoms. The lowest BCUT2D eigenvalue weighted by Crippen LogP contribution is -2.51. The van der Waals surface area contributed by atoms with E-state index in [1.54, 1.807) is 0 Å². The average molecular weight is 250 g/mol. The topological polar surface area (TPSA) is 29.3 Å². The van der Waals surface area contributed by atoms with Crippen molar-refractivity contribution in [2.24, 2.45) is 23.5 Å². The number of piperidine rings is 1. The zero-order valence-electron chi connectivity index (χ0n) is 11.8. The van der Waals surface area contributed by atoms with Gasteiger partial charge < -0.3 is 5.73 Å². The Kier molecular flexibility index (Phi) is 4.25. The summed E-state index contributed by atoms with van der Waals surface area (Å²) >= 11 is 0. The van der Waals surface area contributed by atoms with E-state index in [1.807, 2.05) is 0 Å². The molecule has 3 atom stereocenters.